The first-order valence-corrected chi connectivity index (χ1v) is 12.6. The molecule has 2 aliphatic heterocycles. The Labute approximate surface area is 189 Å². The molecule has 0 spiro atoms. The van der Waals surface area contributed by atoms with Crippen LogP contribution in [0.1, 0.15) is 31.4 Å². The van der Waals surface area contributed by atoms with E-state index in [0.29, 0.717) is 44.6 Å². The summed E-state index contributed by atoms with van der Waals surface area (Å²) in [5, 5.41) is -0.486. The number of sulfonamides is 1. The summed E-state index contributed by atoms with van der Waals surface area (Å²) in [4.78, 5) is 15.3. The lowest BCUT2D eigenvalue weighted by Crippen LogP contribution is -2.48. The van der Waals surface area contributed by atoms with Crippen LogP contribution in [0.3, 0.4) is 0 Å². The first kappa shape index (κ1) is 22.7. The van der Waals surface area contributed by atoms with Gasteiger partial charge < -0.3 is 9.80 Å². The van der Waals surface area contributed by atoms with Gasteiger partial charge in [0.1, 0.15) is 5.82 Å². The molecule has 2 saturated heterocycles. The van der Waals surface area contributed by atoms with Gasteiger partial charge in [0.25, 0.3) is 0 Å². The quantitative estimate of drug-likeness (QED) is 0.690. The van der Waals surface area contributed by atoms with Crippen LogP contribution in [0.15, 0.2) is 48.5 Å². The van der Waals surface area contributed by atoms with Crippen molar-refractivity contribution in [2.75, 3.05) is 31.1 Å². The number of hydrogen-bond donors (Lipinski definition) is 0. The molecule has 172 valence electrons. The molecule has 2 fully saturated rings. The zero-order valence-electron chi connectivity index (χ0n) is 18.6. The van der Waals surface area contributed by atoms with E-state index in [1.54, 1.807) is 17.9 Å². The predicted octanol–water partition coefficient (Wildman–Crippen LogP) is 3.03. The third-order valence-corrected chi connectivity index (χ3v) is 8.95. The van der Waals surface area contributed by atoms with Crippen molar-refractivity contribution < 1.29 is 17.6 Å². The second-order valence-electron chi connectivity index (χ2n) is 8.76. The largest absolute Gasteiger partial charge is 0.368 e. The Hall–Kier alpha value is -2.45. The number of carbonyl (C=O) groups excluding carboxylic acids is 1. The molecule has 0 aliphatic carbocycles. The monoisotopic (exact) mass is 459 g/mol. The molecule has 0 radical (unpaired) electrons. The molecule has 2 aliphatic rings. The van der Waals surface area contributed by atoms with E-state index in [1.165, 1.54) is 10.4 Å². The van der Waals surface area contributed by atoms with Gasteiger partial charge in [-0.05, 0) is 37.5 Å². The molecule has 32 heavy (non-hydrogen) atoms. The van der Waals surface area contributed by atoms with Gasteiger partial charge in [0, 0.05) is 56.9 Å². The third kappa shape index (κ3) is 4.66. The Morgan fingerprint density at radius 2 is 1.75 bits per heavy atom. The average Bonchev–Trinajstić information content (AvgIpc) is 2.98. The van der Waals surface area contributed by atoms with Crippen LogP contribution >= 0.6 is 0 Å². The Bertz CT molecular complexity index is 1070. The van der Waals surface area contributed by atoms with E-state index in [1.807, 2.05) is 43.3 Å². The van der Waals surface area contributed by atoms with Gasteiger partial charge in [0.05, 0.1) is 5.25 Å². The van der Waals surface area contributed by atoms with E-state index < -0.39 is 21.1 Å². The Kier molecular flexibility index (Phi) is 6.53. The lowest BCUT2D eigenvalue weighted by atomic mass is 10.0. The van der Waals surface area contributed by atoms with Crippen molar-refractivity contribution in [3.63, 3.8) is 0 Å². The van der Waals surface area contributed by atoms with E-state index in [0.717, 1.165) is 11.3 Å². The molecule has 0 saturated carbocycles. The molecular formula is C24H30FN3O3S. The van der Waals surface area contributed by atoms with Crippen LogP contribution in [0.5, 0.6) is 0 Å². The summed E-state index contributed by atoms with van der Waals surface area (Å²) in [5.74, 6) is -0.344. The smallest absolute Gasteiger partial charge is 0.219 e. The average molecular weight is 460 g/mol. The van der Waals surface area contributed by atoms with Gasteiger partial charge in [0.2, 0.25) is 15.9 Å². The van der Waals surface area contributed by atoms with Crippen molar-refractivity contribution in [3.05, 3.63) is 65.5 Å². The molecule has 0 N–H and O–H groups in total. The normalized spacial score (nSPS) is 23.5. The van der Waals surface area contributed by atoms with Crippen LogP contribution in [0, 0.1) is 5.82 Å². The van der Waals surface area contributed by atoms with Crippen molar-refractivity contribution in [1.82, 2.24) is 9.21 Å². The molecule has 6 nitrogen and oxygen atoms in total. The second kappa shape index (κ2) is 9.19. The topological polar surface area (TPSA) is 60.9 Å². The lowest BCUT2D eigenvalue weighted by molar-refractivity contribution is -0.129. The SMILES string of the molecule is CC(=O)N1CCN(c2ccc(CN3C(C)CC(Cc4ccccc4)S3(=O)=O)c(F)c2)CC1. The van der Waals surface area contributed by atoms with Crippen LogP contribution in [-0.2, 0) is 27.8 Å². The highest BCUT2D eigenvalue weighted by Crippen LogP contribution is 2.32. The molecule has 2 aromatic carbocycles. The van der Waals surface area contributed by atoms with E-state index in [4.69, 9.17) is 0 Å². The molecule has 4 rings (SSSR count). The van der Waals surface area contributed by atoms with Gasteiger partial charge in [-0.25, -0.2) is 12.8 Å². The highest BCUT2D eigenvalue weighted by atomic mass is 32.2. The van der Waals surface area contributed by atoms with Gasteiger partial charge in [-0.2, -0.15) is 4.31 Å². The summed E-state index contributed by atoms with van der Waals surface area (Å²) >= 11 is 0. The summed E-state index contributed by atoms with van der Waals surface area (Å²) in [6.07, 6.45) is 1.01. The van der Waals surface area contributed by atoms with Crippen molar-refractivity contribution in [2.24, 2.45) is 0 Å². The summed E-state index contributed by atoms with van der Waals surface area (Å²) in [6.45, 7) is 6.02. The minimum atomic E-state index is -3.52. The summed E-state index contributed by atoms with van der Waals surface area (Å²) in [6, 6.07) is 14.5. The van der Waals surface area contributed by atoms with Crippen LogP contribution in [0.2, 0.25) is 0 Å². The number of amides is 1. The van der Waals surface area contributed by atoms with E-state index in [-0.39, 0.29) is 18.5 Å². The fourth-order valence-corrected chi connectivity index (χ4v) is 6.90. The van der Waals surface area contributed by atoms with Gasteiger partial charge in [-0.3, -0.25) is 4.79 Å². The lowest BCUT2D eigenvalue weighted by Gasteiger charge is -2.35. The van der Waals surface area contributed by atoms with Crippen LogP contribution < -0.4 is 4.90 Å². The molecule has 0 aromatic heterocycles. The first-order valence-electron chi connectivity index (χ1n) is 11.1. The minimum absolute atomic E-state index is 0.0407. The fraction of sp³-hybridized carbons (Fsp3) is 0.458. The molecule has 2 atom stereocenters. The molecule has 2 aromatic rings. The molecule has 2 heterocycles. The maximum Gasteiger partial charge on any atom is 0.219 e. The molecule has 1 amide bonds. The van der Waals surface area contributed by atoms with Crippen molar-refractivity contribution in [3.8, 4) is 0 Å². The maximum absolute atomic E-state index is 15.0. The summed E-state index contributed by atoms with van der Waals surface area (Å²) in [5.41, 5.74) is 2.14. The molecule has 8 heteroatoms. The van der Waals surface area contributed by atoms with Gasteiger partial charge in [-0.1, -0.05) is 36.4 Å². The molecular weight excluding hydrogens is 429 g/mol. The highest BCUT2D eigenvalue weighted by Gasteiger charge is 2.43. The number of carbonyl (C=O) groups is 1. The molecule has 0 bridgehead atoms. The number of piperazine rings is 1. The number of nitrogens with zero attached hydrogens (tertiary/aromatic N) is 3. The van der Waals surface area contributed by atoms with Gasteiger partial charge in [0.15, 0.2) is 0 Å². The maximum atomic E-state index is 15.0. The number of hydrogen-bond acceptors (Lipinski definition) is 4. The van der Waals surface area contributed by atoms with Crippen LogP contribution in [0.4, 0.5) is 10.1 Å². The number of anilines is 1. The van der Waals surface area contributed by atoms with E-state index in [9.17, 15) is 17.6 Å². The highest BCUT2D eigenvalue weighted by molar-refractivity contribution is 7.90. The second-order valence-corrected chi connectivity index (χ2v) is 10.9. The van der Waals surface area contributed by atoms with Crippen molar-refractivity contribution in [2.45, 2.75) is 44.5 Å². The zero-order chi connectivity index (χ0) is 22.9. The summed E-state index contributed by atoms with van der Waals surface area (Å²) in [7, 11) is -3.52. The first-order chi connectivity index (χ1) is 15.3. The Balaban J connectivity index is 1.45. The third-order valence-electron chi connectivity index (χ3n) is 6.60. The summed E-state index contributed by atoms with van der Waals surface area (Å²) < 4.78 is 42.8. The van der Waals surface area contributed by atoms with E-state index in [2.05, 4.69) is 4.90 Å². The minimum Gasteiger partial charge on any atom is -0.368 e. The standard InChI is InChI=1S/C24H30FN3O3S/c1-18-14-23(15-20-6-4-3-5-7-20)32(30,31)28(18)17-21-8-9-22(16-24(21)25)27-12-10-26(11-13-27)19(2)29/h3-9,16,18,23H,10-15,17H2,1-2H3. The molecule has 2 unspecified atom stereocenters. The number of rotatable bonds is 5. The van der Waals surface area contributed by atoms with Gasteiger partial charge in [-0.15, -0.1) is 0 Å². The fourth-order valence-electron chi connectivity index (χ4n) is 4.68. The van der Waals surface area contributed by atoms with Gasteiger partial charge >= 0.3 is 0 Å². The number of benzene rings is 2. The number of halogens is 1. The predicted molar refractivity (Wildman–Crippen MR) is 123 cm³/mol. The Morgan fingerprint density at radius 1 is 1.06 bits per heavy atom. The van der Waals surface area contributed by atoms with Crippen molar-refractivity contribution in [1.29, 1.82) is 0 Å². The van der Waals surface area contributed by atoms with E-state index >= 15 is 0 Å². The Morgan fingerprint density at radius 3 is 2.38 bits per heavy atom. The van der Waals surface area contributed by atoms with Crippen LogP contribution in [-0.4, -0.2) is 61.0 Å². The van der Waals surface area contributed by atoms with Crippen molar-refractivity contribution >= 4 is 21.6 Å². The zero-order valence-corrected chi connectivity index (χ0v) is 19.4. The van der Waals surface area contributed by atoms with Crippen LogP contribution in [0.25, 0.3) is 0 Å².